The Balaban J connectivity index is 1.36. The van der Waals surface area contributed by atoms with Crippen molar-refractivity contribution in [3.8, 4) is 0 Å². The van der Waals surface area contributed by atoms with Crippen molar-refractivity contribution in [2.45, 2.75) is 29.4 Å². The lowest BCUT2D eigenvalue weighted by Gasteiger charge is -2.06. The van der Waals surface area contributed by atoms with Crippen LogP contribution in [0.2, 0.25) is 0 Å². The number of rotatable bonds is 6. The molecular weight excluding hydrogens is 412 g/mol. The lowest BCUT2D eigenvalue weighted by atomic mass is 10.3. The van der Waals surface area contributed by atoms with Crippen LogP contribution in [0.5, 0.6) is 0 Å². The van der Waals surface area contributed by atoms with E-state index in [0.29, 0.717) is 0 Å². The van der Waals surface area contributed by atoms with Gasteiger partial charge in [0.15, 0.2) is 0 Å². The Morgan fingerprint density at radius 2 is 0.483 bits per heavy atom. The second kappa shape index (κ2) is 9.35. The van der Waals surface area contributed by atoms with E-state index < -0.39 is 0 Å². The van der Waals surface area contributed by atoms with Gasteiger partial charge in [-0.25, -0.2) is 0 Å². The van der Waals surface area contributed by atoms with Gasteiger partial charge in [0.2, 0.25) is 0 Å². The minimum absolute atomic E-state index is 0.791. The van der Waals surface area contributed by atoms with Crippen LogP contribution >= 0.6 is 35.3 Å². The van der Waals surface area contributed by atoms with Crippen molar-refractivity contribution in [1.29, 1.82) is 0 Å². The molecule has 0 aliphatic carbocycles. The maximum absolute atomic E-state index is 5.75. The average molecular weight is 433 g/mol. The molecule has 0 amide bonds. The predicted octanol–water partition coefficient (Wildman–Crippen LogP) is 7.30. The van der Waals surface area contributed by atoms with Crippen LogP contribution < -0.4 is 11.5 Å². The van der Waals surface area contributed by atoms with Crippen molar-refractivity contribution in [2.75, 3.05) is 11.5 Å². The molecule has 0 unspecified atom stereocenters. The average Bonchev–Trinajstić information content (AvgIpc) is 2.74. The van der Waals surface area contributed by atoms with E-state index in [1.807, 2.05) is 48.5 Å². The predicted molar refractivity (Wildman–Crippen MR) is 127 cm³/mol. The summed E-state index contributed by atoms with van der Waals surface area (Å²) in [5.74, 6) is 0. The molecule has 0 atom stereocenters. The van der Waals surface area contributed by atoms with Crippen LogP contribution in [0.15, 0.2) is 126 Å². The van der Waals surface area contributed by atoms with E-state index in [1.165, 1.54) is 29.4 Å². The molecule has 144 valence electrons. The number of hydrogen-bond acceptors (Lipinski definition) is 5. The van der Waals surface area contributed by atoms with Gasteiger partial charge >= 0.3 is 0 Å². The van der Waals surface area contributed by atoms with Gasteiger partial charge < -0.3 is 11.5 Å². The van der Waals surface area contributed by atoms with Crippen molar-refractivity contribution in [3.05, 3.63) is 97.1 Å². The third-order valence-electron chi connectivity index (χ3n) is 4.11. The summed E-state index contributed by atoms with van der Waals surface area (Å²) >= 11 is 5.25. The van der Waals surface area contributed by atoms with Gasteiger partial charge in [0, 0.05) is 40.7 Å². The molecule has 4 rings (SSSR count). The molecule has 0 aliphatic heterocycles. The highest BCUT2D eigenvalue weighted by Gasteiger charge is 2.02. The van der Waals surface area contributed by atoms with Gasteiger partial charge in [0.25, 0.3) is 0 Å². The number of nitrogens with two attached hydrogens (primary N) is 2. The van der Waals surface area contributed by atoms with E-state index in [2.05, 4.69) is 48.5 Å². The molecule has 0 saturated carbocycles. The van der Waals surface area contributed by atoms with Gasteiger partial charge in [0.1, 0.15) is 0 Å². The van der Waals surface area contributed by atoms with Crippen LogP contribution in [0.4, 0.5) is 11.4 Å². The lowest BCUT2D eigenvalue weighted by Crippen LogP contribution is -1.82. The summed E-state index contributed by atoms with van der Waals surface area (Å²) in [6.45, 7) is 0. The first-order chi connectivity index (χ1) is 14.1. The number of hydrogen-bond donors (Lipinski definition) is 2. The van der Waals surface area contributed by atoms with Crippen LogP contribution in [0, 0.1) is 0 Å². The van der Waals surface area contributed by atoms with E-state index in [1.54, 1.807) is 35.3 Å². The third kappa shape index (κ3) is 5.76. The zero-order valence-electron chi connectivity index (χ0n) is 15.6. The molecule has 0 heterocycles. The monoisotopic (exact) mass is 432 g/mol. The molecule has 29 heavy (non-hydrogen) atoms. The quantitative estimate of drug-likeness (QED) is 0.313. The summed E-state index contributed by atoms with van der Waals surface area (Å²) in [5.41, 5.74) is 13.1. The molecule has 0 aliphatic rings. The highest BCUT2D eigenvalue weighted by molar-refractivity contribution is 8.00. The number of nitrogen functional groups attached to an aromatic ring is 2. The second-order valence-electron chi connectivity index (χ2n) is 6.39. The molecule has 4 N–H and O–H groups in total. The van der Waals surface area contributed by atoms with Gasteiger partial charge in [-0.15, -0.1) is 0 Å². The van der Waals surface area contributed by atoms with Crippen molar-refractivity contribution >= 4 is 46.7 Å². The van der Waals surface area contributed by atoms with E-state index >= 15 is 0 Å². The normalized spacial score (nSPS) is 10.8. The van der Waals surface area contributed by atoms with Crippen molar-refractivity contribution in [2.24, 2.45) is 0 Å². The fraction of sp³-hybridized carbons (Fsp3) is 0. The minimum Gasteiger partial charge on any atom is -0.399 e. The topological polar surface area (TPSA) is 52.0 Å². The summed E-state index contributed by atoms with van der Waals surface area (Å²) in [5, 5.41) is 0. The summed E-state index contributed by atoms with van der Waals surface area (Å²) in [6, 6.07) is 33.2. The summed E-state index contributed by atoms with van der Waals surface area (Å²) in [6.07, 6.45) is 0. The highest BCUT2D eigenvalue weighted by atomic mass is 32.2. The maximum atomic E-state index is 5.75. The maximum Gasteiger partial charge on any atom is 0.0314 e. The van der Waals surface area contributed by atoms with E-state index in [-0.39, 0.29) is 0 Å². The smallest absolute Gasteiger partial charge is 0.0314 e. The molecule has 2 nitrogen and oxygen atoms in total. The Labute approximate surface area is 184 Å². The summed E-state index contributed by atoms with van der Waals surface area (Å²) in [4.78, 5) is 7.27. The first-order valence-corrected chi connectivity index (χ1v) is 11.5. The molecule has 4 aromatic rings. The van der Waals surface area contributed by atoms with Gasteiger partial charge in [-0.05, 0) is 97.1 Å². The van der Waals surface area contributed by atoms with Crippen LogP contribution in [0.3, 0.4) is 0 Å². The fourth-order valence-electron chi connectivity index (χ4n) is 2.63. The molecular formula is C24H20N2S3. The van der Waals surface area contributed by atoms with Crippen molar-refractivity contribution < 1.29 is 0 Å². The summed E-state index contributed by atoms with van der Waals surface area (Å²) in [7, 11) is 0. The minimum atomic E-state index is 0.791. The second-order valence-corrected chi connectivity index (χ2v) is 9.83. The van der Waals surface area contributed by atoms with Gasteiger partial charge in [-0.2, -0.15) is 0 Å². The third-order valence-corrected chi connectivity index (χ3v) is 7.16. The number of anilines is 2. The molecule has 0 saturated heterocycles. The molecule has 0 spiro atoms. The summed E-state index contributed by atoms with van der Waals surface area (Å²) < 4.78 is 0. The van der Waals surface area contributed by atoms with E-state index in [0.717, 1.165) is 11.4 Å². The molecule has 0 aromatic heterocycles. The van der Waals surface area contributed by atoms with Crippen molar-refractivity contribution in [3.63, 3.8) is 0 Å². The van der Waals surface area contributed by atoms with Gasteiger partial charge in [-0.3, -0.25) is 0 Å². The molecule has 5 heteroatoms. The molecule has 0 radical (unpaired) electrons. The van der Waals surface area contributed by atoms with E-state index in [9.17, 15) is 0 Å². The zero-order valence-corrected chi connectivity index (χ0v) is 18.1. The first-order valence-electron chi connectivity index (χ1n) is 9.09. The Morgan fingerprint density at radius 1 is 0.310 bits per heavy atom. The molecule has 4 aromatic carbocycles. The fourth-order valence-corrected chi connectivity index (χ4v) is 5.08. The first kappa shape index (κ1) is 19.8. The lowest BCUT2D eigenvalue weighted by molar-refractivity contribution is 1.31. The Kier molecular flexibility index (Phi) is 6.39. The van der Waals surface area contributed by atoms with E-state index in [4.69, 9.17) is 11.5 Å². The standard InChI is InChI=1S/C24H20N2S3/c25-17-1-5-19(6-2-17)27-21-9-13-23(14-10-21)29-24-15-11-22(12-16-24)28-20-7-3-18(26)4-8-20/h1-16H,25-26H2. The number of benzene rings is 4. The molecule has 0 bridgehead atoms. The Hall–Kier alpha value is -2.47. The van der Waals surface area contributed by atoms with Crippen molar-refractivity contribution in [1.82, 2.24) is 0 Å². The zero-order chi connectivity index (χ0) is 20.1. The van der Waals surface area contributed by atoms with Gasteiger partial charge in [-0.1, -0.05) is 35.3 Å². The van der Waals surface area contributed by atoms with Crippen LogP contribution in [0.1, 0.15) is 0 Å². The molecule has 0 fully saturated rings. The van der Waals surface area contributed by atoms with Crippen LogP contribution in [-0.2, 0) is 0 Å². The Bertz CT molecular complexity index is 970. The largest absolute Gasteiger partial charge is 0.399 e. The SMILES string of the molecule is Nc1ccc(Sc2ccc(Sc3ccc(Sc4ccc(N)cc4)cc3)cc2)cc1. The van der Waals surface area contributed by atoms with Crippen LogP contribution in [-0.4, -0.2) is 0 Å². The highest BCUT2D eigenvalue weighted by Crippen LogP contribution is 2.34. The van der Waals surface area contributed by atoms with Crippen LogP contribution in [0.25, 0.3) is 0 Å². The Morgan fingerprint density at radius 3 is 0.690 bits per heavy atom. The van der Waals surface area contributed by atoms with Gasteiger partial charge in [0.05, 0.1) is 0 Å².